The van der Waals surface area contributed by atoms with Gasteiger partial charge in [0.05, 0.1) is 12.1 Å². The monoisotopic (exact) mass is 374 g/mol. The third-order valence-electron chi connectivity index (χ3n) is 4.50. The van der Waals surface area contributed by atoms with E-state index in [1.165, 1.54) is 16.6 Å². The molecule has 9 heteroatoms. The Morgan fingerprint density at radius 1 is 1.33 bits per heavy atom. The standard InChI is InChI=1S/C18H23FN6O2/c1-11-9-12(19)10-13-16(11)22-18(20)25-17(13)21-14(23-25)5-3-4-7-24(2)15(27)6-8-26/h9-10,26H,3-8H2,1-2H3,(H2,20,22). The summed E-state index contributed by atoms with van der Waals surface area (Å²) >= 11 is 0. The summed E-state index contributed by atoms with van der Waals surface area (Å²) < 4.78 is 15.3. The third-order valence-corrected chi connectivity index (χ3v) is 4.50. The van der Waals surface area contributed by atoms with Crippen molar-refractivity contribution >= 4 is 28.4 Å². The maximum absolute atomic E-state index is 13.8. The van der Waals surface area contributed by atoms with Crippen molar-refractivity contribution in [2.24, 2.45) is 0 Å². The summed E-state index contributed by atoms with van der Waals surface area (Å²) in [5.41, 5.74) is 7.79. The molecule has 1 aromatic carbocycles. The molecular formula is C18H23FN6O2. The maximum atomic E-state index is 13.8. The number of aliphatic hydroxyl groups is 1. The normalized spacial score (nSPS) is 11.4. The molecule has 8 nitrogen and oxygen atoms in total. The molecule has 0 atom stereocenters. The van der Waals surface area contributed by atoms with Crippen LogP contribution in [0.1, 0.15) is 30.7 Å². The Morgan fingerprint density at radius 2 is 2.11 bits per heavy atom. The third kappa shape index (κ3) is 3.97. The van der Waals surface area contributed by atoms with E-state index in [9.17, 15) is 9.18 Å². The van der Waals surface area contributed by atoms with Crippen LogP contribution in [0.15, 0.2) is 12.1 Å². The van der Waals surface area contributed by atoms with E-state index in [4.69, 9.17) is 10.8 Å². The molecule has 0 saturated carbocycles. The molecule has 0 bridgehead atoms. The lowest BCUT2D eigenvalue weighted by Gasteiger charge is -2.16. The fraction of sp³-hybridized carbons (Fsp3) is 0.444. The number of carbonyl (C=O) groups is 1. The first-order chi connectivity index (χ1) is 12.9. The Labute approximate surface area is 155 Å². The Bertz CT molecular complexity index is 987. The lowest BCUT2D eigenvalue weighted by Crippen LogP contribution is -2.28. The first-order valence-electron chi connectivity index (χ1n) is 8.86. The minimum absolute atomic E-state index is 0.0777. The number of carbonyl (C=O) groups excluding carboxylic acids is 1. The molecule has 3 aromatic rings. The quantitative estimate of drug-likeness (QED) is 0.606. The summed E-state index contributed by atoms with van der Waals surface area (Å²) in [5, 5.41) is 13.8. The molecule has 1 amide bonds. The van der Waals surface area contributed by atoms with E-state index in [-0.39, 0.29) is 30.7 Å². The number of benzene rings is 1. The molecule has 0 radical (unpaired) electrons. The van der Waals surface area contributed by atoms with Crippen molar-refractivity contribution < 1.29 is 14.3 Å². The molecule has 0 spiro atoms. The van der Waals surface area contributed by atoms with Gasteiger partial charge in [0.15, 0.2) is 11.5 Å². The first kappa shape index (κ1) is 19.0. The van der Waals surface area contributed by atoms with Crippen LogP contribution in [0, 0.1) is 12.7 Å². The van der Waals surface area contributed by atoms with Crippen LogP contribution in [-0.2, 0) is 11.2 Å². The number of rotatable bonds is 7. The Hall–Kier alpha value is -2.81. The number of hydrogen-bond acceptors (Lipinski definition) is 6. The maximum Gasteiger partial charge on any atom is 0.224 e. The highest BCUT2D eigenvalue weighted by atomic mass is 19.1. The summed E-state index contributed by atoms with van der Waals surface area (Å²) in [4.78, 5) is 22.1. The zero-order chi connectivity index (χ0) is 19.6. The number of nitrogen functional groups attached to an aromatic ring is 1. The fourth-order valence-corrected chi connectivity index (χ4v) is 3.05. The average Bonchev–Trinajstić information content (AvgIpc) is 3.05. The number of anilines is 1. The number of halogens is 1. The Balaban J connectivity index is 1.74. The number of nitrogens with two attached hydrogens (primary N) is 1. The molecule has 0 unspecified atom stereocenters. The van der Waals surface area contributed by atoms with Gasteiger partial charge < -0.3 is 15.7 Å². The lowest BCUT2D eigenvalue weighted by molar-refractivity contribution is -0.130. The second-order valence-corrected chi connectivity index (χ2v) is 6.60. The van der Waals surface area contributed by atoms with Gasteiger partial charge in [0, 0.05) is 31.8 Å². The van der Waals surface area contributed by atoms with E-state index in [0.29, 0.717) is 40.9 Å². The summed E-state index contributed by atoms with van der Waals surface area (Å²) in [6.45, 7) is 2.24. The smallest absolute Gasteiger partial charge is 0.224 e. The van der Waals surface area contributed by atoms with Crippen LogP contribution in [0.4, 0.5) is 10.3 Å². The average molecular weight is 374 g/mol. The second-order valence-electron chi connectivity index (χ2n) is 6.60. The van der Waals surface area contributed by atoms with Gasteiger partial charge in [-0.05, 0) is 37.5 Å². The van der Waals surface area contributed by atoms with E-state index >= 15 is 0 Å². The van der Waals surface area contributed by atoms with Crippen LogP contribution < -0.4 is 5.73 Å². The Kier molecular flexibility index (Phi) is 5.50. The highest BCUT2D eigenvalue weighted by Gasteiger charge is 2.14. The minimum Gasteiger partial charge on any atom is -0.396 e. The van der Waals surface area contributed by atoms with E-state index in [0.717, 1.165) is 12.8 Å². The molecule has 2 aromatic heterocycles. The number of amides is 1. The van der Waals surface area contributed by atoms with Crippen molar-refractivity contribution in [1.82, 2.24) is 24.5 Å². The molecule has 0 aliphatic carbocycles. The summed E-state index contributed by atoms with van der Waals surface area (Å²) in [7, 11) is 1.72. The molecule has 144 valence electrons. The van der Waals surface area contributed by atoms with E-state index in [2.05, 4.69) is 15.1 Å². The number of aryl methyl sites for hydroxylation is 2. The van der Waals surface area contributed by atoms with Crippen LogP contribution in [0.5, 0.6) is 0 Å². The van der Waals surface area contributed by atoms with Gasteiger partial charge in [-0.3, -0.25) is 4.79 Å². The van der Waals surface area contributed by atoms with Crippen molar-refractivity contribution in [3.05, 3.63) is 29.3 Å². The molecule has 2 heterocycles. The minimum atomic E-state index is -0.353. The highest BCUT2D eigenvalue weighted by Crippen LogP contribution is 2.24. The van der Waals surface area contributed by atoms with Gasteiger partial charge in [-0.15, -0.1) is 5.10 Å². The zero-order valence-electron chi connectivity index (χ0n) is 15.4. The van der Waals surface area contributed by atoms with Crippen molar-refractivity contribution in [2.45, 2.75) is 32.6 Å². The number of unbranched alkanes of at least 4 members (excludes halogenated alkanes) is 1. The summed E-state index contributed by atoms with van der Waals surface area (Å²) in [5.74, 6) is 0.377. The predicted octanol–water partition coefficient (Wildman–Crippen LogP) is 1.47. The van der Waals surface area contributed by atoms with Crippen molar-refractivity contribution in [1.29, 1.82) is 0 Å². The molecule has 27 heavy (non-hydrogen) atoms. The van der Waals surface area contributed by atoms with Crippen LogP contribution in [0.3, 0.4) is 0 Å². The van der Waals surface area contributed by atoms with Crippen LogP contribution in [0.25, 0.3) is 16.6 Å². The fourth-order valence-electron chi connectivity index (χ4n) is 3.05. The van der Waals surface area contributed by atoms with Crippen molar-refractivity contribution in [3.8, 4) is 0 Å². The largest absolute Gasteiger partial charge is 0.396 e. The lowest BCUT2D eigenvalue weighted by atomic mass is 10.1. The van der Waals surface area contributed by atoms with Gasteiger partial charge >= 0.3 is 0 Å². The van der Waals surface area contributed by atoms with Crippen LogP contribution >= 0.6 is 0 Å². The zero-order valence-corrected chi connectivity index (χ0v) is 15.4. The molecule has 0 saturated heterocycles. The highest BCUT2D eigenvalue weighted by molar-refractivity contribution is 5.94. The van der Waals surface area contributed by atoms with Gasteiger partial charge in [0.1, 0.15) is 5.82 Å². The second kappa shape index (κ2) is 7.83. The van der Waals surface area contributed by atoms with Gasteiger partial charge in [-0.1, -0.05) is 0 Å². The topological polar surface area (TPSA) is 110 Å². The molecule has 0 fully saturated rings. The van der Waals surface area contributed by atoms with E-state index in [1.54, 1.807) is 18.9 Å². The number of fused-ring (bicyclic) bond motifs is 3. The molecule has 3 rings (SSSR count). The van der Waals surface area contributed by atoms with Gasteiger partial charge in [0.2, 0.25) is 11.9 Å². The molecular weight excluding hydrogens is 351 g/mol. The number of nitrogens with zero attached hydrogens (tertiary/aromatic N) is 5. The van der Waals surface area contributed by atoms with Crippen LogP contribution in [0.2, 0.25) is 0 Å². The van der Waals surface area contributed by atoms with Crippen LogP contribution in [-0.4, -0.2) is 55.7 Å². The predicted molar refractivity (Wildman–Crippen MR) is 99.7 cm³/mol. The van der Waals surface area contributed by atoms with Gasteiger partial charge in [-0.2, -0.15) is 4.52 Å². The van der Waals surface area contributed by atoms with Crippen molar-refractivity contribution in [3.63, 3.8) is 0 Å². The van der Waals surface area contributed by atoms with E-state index < -0.39 is 0 Å². The summed E-state index contributed by atoms with van der Waals surface area (Å²) in [6.07, 6.45) is 2.32. The SMILES string of the molecule is Cc1cc(F)cc2c1nc(N)n1nc(CCCCN(C)C(=O)CCO)nc21. The van der Waals surface area contributed by atoms with Crippen molar-refractivity contribution in [2.75, 3.05) is 25.9 Å². The van der Waals surface area contributed by atoms with E-state index in [1.807, 2.05) is 0 Å². The number of hydrogen-bond donors (Lipinski definition) is 2. The summed E-state index contributed by atoms with van der Waals surface area (Å²) in [6, 6.07) is 2.81. The molecule has 3 N–H and O–H groups in total. The number of aliphatic hydroxyl groups excluding tert-OH is 1. The van der Waals surface area contributed by atoms with Gasteiger partial charge in [0.25, 0.3) is 0 Å². The first-order valence-corrected chi connectivity index (χ1v) is 8.86. The van der Waals surface area contributed by atoms with Gasteiger partial charge in [-0.25, -0.2) is 14.4 Å². The Morgan fingerprint density at radius 3 is 2.85 bits per heavy atom. The number of aromatic nitrogens is 4. The molecule has 0 aliphatic heterocycles. The molecule has 0 aliphatic rings.